The summed E-state index contributed by atoms with van der Waals surface area (Å²) in [4.78, 5) is 1.22. The highest BCUT2D eigenvalue weighted by atomic mass is 79.9. The topological polar surface area (TPSA) is 12.0 Å². The summed E-state index contributed by atoms with van der Waals surface area (Å²) in [6.07, 6.45) is 1.08. The van der Waals surface area contributed by atoms with Gasteiger partial charge in [0.2, 0.25) is 0 Å². The first-order chi connectivity index (χ1) is 9.52. The first-order valence-electron chi connectivity index (χ1n) is 6.47. The van der Waals surface area contributed by atoms with Crippen LogP contribution in [0.4, 0.5) is 0 Å². The van der Waals surface area contributed by atoms with Crippen LogP contribution < -0.4 is 5.32 Å². The summed E-state index contributed by atoms with van der Waals surface area (Å²) in [5, 5.41) is 4.29. The van der Waals surface area contributed by atoms with Crippen LogP contribution >= 0.6 is 50.5 Å². The van der Waals surface area contributed by atoms with Gasteiger partial charge in [0.15, 0.2) is 0 Å². The van der Waals surface area contributed by atoms with Gasteiger partial charge in [0.25, 0.3) is 0 Å². The molecule has 0 aliphatic carbocycles. The molecule has 0 bridgehead atoms. The van der Waals surface area contributed by atoms with Gasteiger partial charge in [0.1, 0.15) is 0 Å². The van der Waals surface area contributed by atoms with E-state index in [4.69, 9.17) is 23.2 Å². The molecule has 1 nitrogen and oxygen atoms in total. The molecule has 0 aliphatic heterocycles. The Kier molecular flexibility index (Phi) is 5.94. The molecule has 0 radical (unpaired) electrons. The van der Waals surface area contributed by atoms with Crippen molar-refractivity contribution in [2.24, 2.45) is 0 Å². The first-order valence-corrected chi connectivity index (χ1v) is 8.83. The van der Waals surface area contributed by atoms with Crippen molar-refractivity contribution in [2.45, 2.75) is 26.3 Å². The van der Waals surface area contributed by atoms with Crippen LogP contribution in [-0.4, -0.2) is 6.54 Å². The maximum Gasteiger partial charge on any atom is 0.0961 e. The van der Waals surface area contributed by atoms with Crippen molar-refractivity contribution in [1.29, 1.82) is 0 Å². The van der Waals surface area contributed by atoms with Gasteiger partial charge in [-0.2, -0.15) is 0 Å². The summed E-state index contributed by atoms with van der Waals surface area (Å²) < 4.78 is 1.77. The second-order valence-electron chi connectivity index (χ2n) is 4.67. The van der Waals surface area contributed by atoms with E-state index in [2.05, 4.69) is 40.3 Å². The molecule has 1 N–H and O–H groups in total. The highest BCUT2D eigenvalue weighted by Gasteiger charge is 2.17. The van der Waals surface area contributed by atoms with E-state index in [1.165, 1.54) is 4.88 Å². The van der Waals surface area contributed by atoms with Gasteiger partial charge < -0.3 is 5.32 Å². The van der Waals surface area contributed by atoms with E-state index in [1.54, 1.807) is 11.3 Å². The molecule has 2 aromatic rings. The molecule has 1 atom stereocenters. The van der Waals surface area contributed by atoms with Crippen LogP contribution in [0.1, 0.15) is 35.4 Å². The molecule has 1 aromatic carbocycles. The molecule has 5 heteroatoms. The summed E-state index contributed by atoms with van der Waals surface area (Å²) in [6.45, 7) is 5.14. The molecule has 0 aliphatic rings. The fourth-order valence-electron chi connectivity index (χ4n) is 1.99. The standard InChI is InChI=1S/C15H16BrCl2NS/c1-3-6-19-14(13-7-9(2)15(18)20-13)10-4-5-11(16)12(17)8-10/h4-5,7-8,14,19H,3,6H2,1-2H3. The van der Waals surface area contributed by atoms with Gasteiger partial charge in [-0.15, -0.1) is 11.3 Å². The maximum atomic E-state index is 6.22. The number of aryl methyl sites for hydroxylation is 1. The van der Waals surface area contributed by atoms with E-state index in [1.807, 2.05) is 19.1 Å². The van der Waals surface area contributed by atoms with Crippen molar-refractivity contribution in [2.75, 3.05) is 6.54 Å². The van der Waals surface area contributed by atoms with Crippen molar-refractivity contribution in [3.05, 3.63) is 54.1 Å². The van der Waals surface area contributed by atoms with Gasteiger partial charge in [0, 0.05) is 9.35 Å². The van der Waals surface area contributed by atoms with Gasteiger partial charge in [0.05, 0.1) is 15.4 Å². The Morgan fingerprint density at radius 1 is 1.30 bits per heavy atom. The Morgan fingerprint density at radius 2 is 2.05 bits per heavy atom. The minimum Gasteiger partial charge on any atom is -0.306 e. The highest BCUT2D eigenvalue weighted by molar-refractivity contribution is 9.10. The van der Waals surface area contributed by atoms with Gasteiger partial charge in [-0.05, 0) is 65.1 Å². The second-order valence-corrected chi connectivity index (χ2v) is 7.61. The lowest BCUT2D eigenvalue weighted by Gasteiger charge is -2.18. The third-order valence-corrected chi connectivity index (χ3v) is 5.89. The summed E-state index contributed by atoms with van der Waals surface area (Å²) in [5.74, 6) is 0. The molecule has 1 aromatic heterocycles. The van der Waals surface area contributed by atoms with Crippen LogP contribution in [0.25, 0.3) is 0 Å². The number of rotatable bonds is 5. The van der Waals surface area contributed by atoms with E-state index in [-0.39, 0.29) is 6.04 Å². The van der Waals surface area contributed by atoms with Crippen molar-refractivity contribution in [3.63, 3.8) is 0 Å². The van der Waals surface area contributed by atoms with E-state index in [0.717, 1.165) is 37.9 Å². The van der Waals surface area contributed by atoms with Gasteiger partial charge in [-0.25, -0.2) is 0 Å². The average Bonchev–Trinajstić information content (AvgIpc) is 2.74. The summed E-state index contributed by atoms with van der Waals surface area (Å²) in [5.41, 5.74) is 2.28. The predicted molar refractivity (Wildman–Crippen MR) is 93.4 cm³/mol. The zero-order chi connectivity index (χ0) is 14.7. The third kappa shape index (κ3) is 3.77. The number of benzene rings is 1. The summed E-state index contributed by atoms with van der Waals surface area (Å²) >= 11 is 17.5. The predicted octanol–water partition coefficient (Wildman–Crippen LogP) is 6.21. The van der Waals surface area contributed by atoms with E-state index in [9.17, 15) is 0 Å². The quantitative estimate of drug-likeness (QED) is 0.637. The van der Waals surface area contributed by atoms with Crippen LogP contribution in [0.5, 0.6) is 0 Å². The summed E-state index contributed by atoms with van der Waals surface area (Å²) in [7, 11) is 0. The first kappa shape index (κ1) is 16.3. The monoisotopic (exact) mass is 391 g/mol. The number of halogens is 3. The van der Waals surface area contributed by atoms with E-state index < -0.39 is 0 Å². The molecule has 1 heterocycles. The van der Waals surface area contributed by atoms with Gasteiger partial charge in [-0.1, -0.05) is 36.2 Å². The van der Waals surface area contributed by atoms with Crippen molar-refractivity contribution >= 4 is 50.5 Å². The normalized spacial score (nSPS) is 12.7. The van der Waals surface area contributed by atoms with E-state index in [0.29, 0.717) is 0 Å². The van der Waals surface area contributed by atoms with Crippen LogP contribution in [0.3, 0.4) is 0 Å². The second kappa shape index (κ2) is 7.28. The zero-order valence-corrected chi connectivity index (χ0v) is 15.3. The number of nitrogens with one attached hydrogen (secondary N) is 1. The SMILES string of the molecule is CCCNC(c1ccc(Br)c(Cl)c1)c1cc(C)c(Cl)s1. The molecule has 0 saturated carbocycles. The highest BCUT2D eigenvalue weighted by Crippen LogP contribution is 2.35. The van der Waals surface area contributed by atoms with Gasteiger partial charge >= 0.3 is 0 Å². The Morgan fingerprint density at radius 3 is 2.60 bits per heavy atom. The molecular formula is C15H16BrCl2NS. The Balaban J connectivity index is 2.38. The van der Waals surface area contributed by atoms with Crippen molar-refractivity contribution in [3.8, 4) is 0 Å². The lowest BCUT2D eigenvalue weighted by atomic mass is 10.0. The molecule has 2 rings (SSSR count). The number of thiophene rings is 1. The zero-order valence-electron chi connectivity index (χ0n) is 11.3. The lowest BCUT2D eigenvalue weighted by Crippen LogP contribution is -2.22. The number of hydrogen-bond acceptors (Lipinski definition) is 2. The largest absolute Gasteiger partial charge is 0.306 e. The van der Waals surface area contributed by atoms with Crippen molar-refractivity contribution < 1.29 is 0 Å². The maximum absolute atomic E-state index is 6.22. The Labute approximate surface area is 142 Å². The van der Waals surface area contributed by atoms with Gasteiger partial charge in [-0.3, -0.25) is 0 Å². The third-order valence-electron chi connectivity index (χ3n) is 3.04. The summed E-state index contributed by atoms with van der Waals surface area (Å²) in [6, 6.07) is 8.36. The minimum absolute atomic E-state index is 0.136. The molecule has 108 valence electrons. The lowest BCUT2D eigenvalue weighted by molar-refractivity contribution is 0.605. The molecule has 0 spiro atoms. The van der Waals surface area contributed by atoms with Crippen LogP contribution in [0.2, 0.25) is 9.36 Å². The minimum atomic E-state index is 0.136. The average molecular weight is 393 g/mol. The smallest absolute Gasteiger partial charge is 0.0961 e. The van der Waals surface area contributed by atoms with Crippen LogP contribution in [0.15, 0.2) is 28.7 Å². The Bertz CT molecular complexity index is 578. The molecule has 20 heavy (non-hydrogen) atoms. The number of hydrogen-bond donors (Lipinski definition) is 1. The molecule has 0 amide bonds. The van der Waals surface area contributed by atoms with Crippen molar-refractivity contribution in [1.82, 2.24) is 5.32 Å². The van der Waals surface area contributed by atoms with Crippen LogP contribution in [0, 0.1) is 6.92 Å². The molecule has 0 fully saturated rings. The molecule has 1 unspecified atom stereocenters. The van der Waals surface area contributed by atoms with E-state index >= 15 is 0 Å². The van der Waals surface area contributed by atoms with Crippen LogP contribution in [-0.2, 0) is 0 Å². The Hall–Kier alpha value is -0.0600. The molecule has 0 saturated heterocycles. The fourth-order valence-corrected chi connectivity index (χ4v) is 3.75. The molecular weight excluding hydrogens is 377 g/mol. The fraction of sp³-hybridized carbons (Fsp3) is 0.333.